The molecule has 122 valence electrons. The topological polar surface area (TPSA) is 75.2 Å². The molecule has 4 heterocycles. The molecule has 6 heteroatoms. The van der Waals surface area contributed by atoms with Crippen molar-refractivity contribution in [1.82, 2.24) is 29.9 Å². The molecule has 2 N–H and O–H groups in total. The van der Waals surface area contributed by atoms with E-state index in [1.165, 1.54) is 16.6 Å². The molecule has 0 aliphatic heterocycles. The van der Waals surface area contributed by atoms with Crippen molar-refractivity contribution >= 4 is 21.9 Å². The molecule has 0 fully saturated rings. The number of aromatic amines is 2. The van der Waals surface area contributed by atoms with Gasteiger partial charge in [0.15, 0.2) is 0 Å². The first-order valence-corrected chi connectivity index (χ1v) is 8.16. The van der Waals surface area contributed by atoms with E-state index in [4.69, 9.17) is 0 Å². The average Bonchev–Trinajstić information content (AvgIpc) is 3.32. The van der Waals surface area contributed by atoms with Gasteiger partial charge >= 0.3 is 0 Å². The Hall–Kier alpha value is -3.41. The van der Waals surface area contributed by atoms with Gasteiger partial charge in [-0.15, -0.1) is 5.10 Å². The molecular weight excluding hydrogens is 312 g/mol. The molecule has 0 radical (unpaired) electrons. The molecular formula is C19H16N6. The minimum absolute atomic E-state index is 0.681. The Balaban J connectivity index is 1.44. The lowest BCUT2D eigenvalue weighted by Crippen LogP contribution is -2.00. The summed E-state index contributed by atoms with van der Waals surface area (Å²) >= 11 is 0. The zero-order valence-corrected chi connectivity index (χ0v) is 13.7. The smallest absolute Gasteiger partial charge is 0.137 e. The normalized spacial score (nSPS) is 11.6. The minimum atomic E-state index is 0.681. The number of pyridine rings is 1. The molecule has 0 aliphatic carbocycles. The quantitative estimate of drug-likeness (QED) is 0.531. The minimum Gasteiger partial charge on any atom is -0.359 e. The lowest BCUT2D eigenvalue weighted by Gasteiger charge is -2.01. The number of nitrogens with zero attached hydrogens (tertiary/aromatic N) is 4. The fourth-order valence-electron chi connectivity index (χ4n) is 3.19. The lowest BCUT2D eigenvalue weighted by atomic mass is 10.1. The monoisotopic (exact) mass is 328 g/mol. The highest BCUT2D eigenvalue weighted by Crippen LogP contribution is 2.21. The highest BCUT2D eigenvalue weighted by molar-refractivity contribution is 5.81. The Morgan fingerprint density at radius 3 is 3.00 bits per heavy atom. The van der Waals surface area contributed by atoms with Crippen molar-refractivity contribution in [2.45, 2.75) is 13.5 Å². The second kappa shape index (κ2) is 5.31. The summed E-state index contributed by atoms with van der Waals surface area (Å²) in [5.41, 5.74) is 6.18. The van der Waals surface area contributed by atoms with Gasteiger partial charge < -0.3 is 9.97 Å². The lowest BCUT2D eigenvalue weighted by molar-refractivity contribution is 0.650. The van der Waals surface area contributed by atoms with E-state index in [-0.39, 0.29) is 0 Å². The standard InChI is InChI=1S/C19H16N6/c1-12-6-14-3-2-13(7-17(14)22-12)10-25-11-18(23-24-25)16-8-15-4-5-20-19(15)21-9-16/h2-9,11,22H,10H2,1H3,(H,20,21). The number of benzene rings is 1. The SMILES string of the molecule is Cc1cc2ccc(Cn3cc(-c4cnc5[nH]ccc5c4)nn3)cc2[nH]1. The van der Waals surface area contributed by atoms with Crippen LogP contribution < -0.4 is 0 Å². The molecule has 0 aliphatic rings. The second-order valence-corrected chi connectivity index (χ2v) is 6.31. The Morgan fingerprint density at radius 1 is 1.08 bits per heavy atom. The van der Waals surface area contributed by atoms with Gasteiger partial charge in [-0.2, -0.15) is 0 Å². The largest absolute Gasteiger partial charge is 0.359 e. The second-order valence-electron chi connectivity index (χ2n) is 6.31. The van der Waals surface area contributed by atoms with Gasteiger partial charge in [-0.05, 0) is 42.1 Å². The van der Waals surface area contributed by atoms with Crippen LogP contribution in [0, 0.1) is 6.92 Å². The van der Waals surface area contributed by atoms with Crippen molar-refractivity contribution in [3.8, 4) is 11.3 Å². The van der Waals surface area contributed by atoms with Crippen molar-refractivity contribution in [3.63, 3.8) is 0 Å². The van der Waals surface area contributed by atoms with E-state index in [0.29, 0.717) is 6.54 Å². The van der Waals surface area contributed by atoms with Crippen LogP contribution in [-0.2, 0) is 6.54 Å². The predicted molar refractivity (Wildman–Crippen MR) is 97.2 cm³/mol. The van der Waals surface area contributed by atoms with Crippen molar-refractivity contribution in [2.24, 2.45) is 0 Å². The third kappa shape index (κ3) is 2.48. The number of hydrogen-bond acceptors (Lipinski definition) is 3. The van der Waals surface area contributed by atoms with Crippen LogP contribution in [0.3, 0.4) is 0 Å². The third-order valence-corrected chi connectivity index (χ3v) is 4.40. The van der Waals surface area contributed by atoms with Crippen molar-refractivity contribution in [3.05, 3.63) is 66.2 Å². The summed E-state index contributed by atoms with van der Waals surface area (Å²) in [7, 11) is 0. The number of fused-ring (bicyclic) bond motifs is 2. The predicted octanol–water partition coefficient (Wildman–Crippen LogP) is 3.66. The molecule has 5 aromatic rings. The molecule has 0 amide bonds. The summed E-state index contributed by atoms with van der Waals surface area (Å²) in [6.07, 6.45) is 5.66. The molecule has 25 heavy (non-hydrogen) atoms. The van der Waals surface area contributed by atoms with Gasteiger partial charge in [-0.3, -0.25) is 0 Å². The van der Waals surface area contributed by atoms with Crippen LogP contribution >= 0.6 is 0 Å². The average molecular weight is 328 g/mol. The number of rotatable bonds is 3. The van der Waals surface area contributed by atoms with Crippen LogP contribution in [0.5, 0.6) is 0 Å². The fraction of sp³-hybridized carbons (Fsp3) is 0.105. The molecule has 6 nitrogen and oxygen atoms in total. The van der Waals surface area contributed by atoms with Gasteiger partial charge in [0.1, 0.15) is 11.3 Å². The summed E-state index contributed by atoms with van der Waals surface area (Å²) in [5.74, 6) is 0. The van der Waals surface area contributed by atoms with E-state index >= 15 is 0 Å². The molecule has 0 saturated carbocycles. The van der Waals surface area contributed by atoms with E-state index < -0.39 is 0 Å². The summed E-state index contributed by atoms with van der Waals surface area (Å²) in [4.78, 5) is 10.9. The Bertz CT molecular complexity index is 1190. The van der Waals surface area contributed by atoms with E-state index in [2.05, 4.69) is 62.5 Å². The van der Waals surface area contributed by atoms with E-state index in [9.17, 15) is 0 Å². The van der Waals surface area contributed by atoms with Gasteiger partial charge in [0.2, 0.25) is 0 Å². The number of aromatic nitrogens is 6. The third-order valence-electron chi connectivity index (χ3n) is 4.40. The highest BCUT2D eigenvalue weighted by Gasteiger charge is 2.07. The molecule has 0 spiro atoms. The van der Waals surface area contributed by atoms with Gasteiger partial charge in [0, 0.05) is 34.6 Å². The van der Waals surface area contributed by atoms with E-state index in [1.54, 1.807) is 0 Å². The number of aryl methyl sites for hydroxylation is 1. The van der Waals surface area contributed by atoms with Crippen molar-refractivity contribution < 1.29 is 0 Å². The van der Waals surface area contributed by atoms with Gasteiger partial charge in [-0.25, -0.2) is 9.67 Å². The molecule has 0 unspecified atom stereocenters. The van der Waals surface area contributed by atoms with Crippen molar-refractivity contribution in [2.75, 3.05) is 0 Å². The van der Waals surface area contributed by atoms with Crippen LogP contribution in [-0.4, -0.2) is 29.9 Å². The maximum atomic E-state index is 4.41. The van der Waals surface area contributed by atoms with Crippen LogP contribution in [0.1, 0.15) is 11.3 Å². The zero-order chi connectivity index (χ0) is 16.8. The van der Waals surface area contributed by atoms with Crippen LogP contribution in [0.4, 0.5) is 0 Å². The number of hydrogen-bond donors (Lipinski definition) is 2. The first kappa shape index (κ1) is 14.0. The van der Waals surface area contributed by atoms with Gasteiger partial charge in [0.25, 0.3) is 0 Å². The molecule has 1 aromatic carbocycles. The van der Waals surface area contributed by atoms with Crippen LogP contribution in [0.2, 0.25) is 0 Å². The summed E-state index contributed by atoms with van der Waals surface area (Å²) in [5, 5.41) is 10.9. The van der Waals surface area contributed by atoms with Crippen LogP contribution in [0.15, 0.2) is 55.0 Å². The van der Waals surface area contributed by atoms with Gasteiger partial charge in [-0.1, -0.05) is 17.3 Å². The van der Waals surface area contributed by atoms with Gasteiger partial charge in [0.05, 0.1) is 12.7 Å². The summed E-state index contributed by atoms with van der Waals surface area (Å²) in [6.45, 7) is 2.75. The zero-order valence-electron chi connectivity index (χ0n) is 13.7. The molecule has 0 saturated heterocycles. The maximum absolute atomic E-state index is 4.41. The number of H-pyrrole nitrogens is 2. The first-order valence-electron chi connectivity index (χ1n) is 8.16. The molecule has 4 aromatic heterocycles. The Kier molecular flexibility index (Phi) is 2.97. The van der Waals surface area contributed by atoms with E-state index in [1.807, 2.05) is 29.3 Å². The van der Waals surface area contributed by atoms with E-state index in [0.717, 1.165) is 27.8 Å². The highest BCUT2D eigenvalue weighted by atomic mass is 15.4. The number of nitrogens with one attached hydrogen (secondary N) is 2. The Morgan fingerprint density at radius 2 is 2.04 bits per heavy atom. The van der Waals surface area contributed by atoms with Crippen molar-refractivity contribution in [1.29, 1.82) is 0 Å². The molecule has 0 bridgehead atoms. The first-order chi connectivity index (χ1) is 12.2. The fourth-order valence-corrected chi connectivity index (χ4v) is 3.19. The van der Waals surface area contributed by atoms with Crippen LogP contribution in [0.25, 0.3) is 33.2 Å². The molecule has 5 rings (SSSR count). The summed E-state index contributed by atoms with van der Waals surface area (Å²) in [6, 6.07) is 12.7. The maximum Gasteiger partial charge on any atom is 0.137 e. The Labute approximate surface area is 143 Å². The molecule has 0 atom stereocenters. The summed E-state index contributed by atoms with van der Waals surface area (Å²) < 4.78 is 1.85.